The van der Waals surface area contributed by atoms with Gasteiger partial charge in [-0.15, -0.1) is 13.4 Å². The highest BCUT2D eigenvalue weighted by Crippen LogP contribution is 2.52. The minimum atomic E-state index is -1.37. The molecular formula is C20H47B2N2Si2-. The highest BCUT2D eigenvalue weighted by atomic mass is 28.3. The van der Waals surface area contributed by atoms with Crippen LogP contribution in [0.4, 0.5) is 0 Å². The van der Waals surface area contributed by atoms with Crippen LogP contribution >= 0.6 is 0 Å². The standard InChI is InChI=1S/C20H47B2N2Si2/c1-15(2)23(16(3)4)21-19(25(9,10)11)22(20(21)26(12,13)14)24(17(5)6)18(7)8/h15-19H,1-14H3/q-1. The van der Waals surface area contributed by atoms with Crippen molar-refractivity contribution in [3.8, 4) is 0 Å². The third-order valence-corrected chi connectivity index (χ3v) is 11.2. The molecule has 0 radical (unpaired) electrons. The molecule has 0 N–H and O–H groups in total. The summed E-state index contributed by atoms with van der Waals surface area (Å²) in [5, 5.41) is 2.76. The number of hydrogen-bond acceptors (Lipinski definition) is 2. The maximum Gasteiger partial charge on any atom is 0.0428 e. The van der Waals surface area contributed by atoms with Crippen molar-refractivity contribution in [1.82, 2.24) is 9.62 Å². The molecule has 0 atom stereocenters. The normalized spacial score (nSPS) is 18.5. The molecule has 1 aliphatic rings. The minimum Gasteiger partial charge on any atom is -0.372 e. The Balaban J connectivity index is 3.53. The maximum atomic E-state index is 2.85. The highest BCUT2D eigenvalue weighted by molar-refractivity contribution is 7.26. The van der Waals surface area contributed by atoms with E-state index in [1.165, 1.54) is 0 Å². The van der Waals surface area contributed by atoms with E-state index in [0.717, 1.165) is 5.34 Å². The molecule has 0 saturated carbocycles. The average molecular weight is 393 g/mol. The molecule has 0 amide bonds. The zero-order chi connectivity index (χ0) is 20.8. The van der Waals surface area contributed by atoms with Gasteiger partial charge in [-0.1, -0.05) is 94.7 Å². The van der Waals surface area contributed by atoms with E-state index in [4.69, 9.17) is 0 Å². The van der Waals surface area contributed by atoms with Crippen molar-refractivity contribution in [3.05, 3.63) is 5.34 Å². The van der Waals surface area contributed by atoms with Crippen LogP contribution in [0.5, 0.6) is 0 Å². The molecule has 26 heavy (non-hydrogen) atoms. The summed E-state index contributed by atoms with van der Waals surface area (Å²) in [7, 11) is -2.69. The van der Waals surface area contributed by atoms with Gasteiger partial charge in [-0.3, -0.25) is 0 Å². The van der Waals surface area contributed by atoms with Crippen LogP contribution < -0.4 is 0 Å². The highest BCUT2D eigenvalue weighted by Gasteiger charge is 2.56. The topological polar surface area (TPSA) is 6.48 Å². The monoisotopic (exact) mass is 393 g/mol. The van der Waals surface area contributed by atoms with E-state index in [0.29, 0.717) is 37.9 Å². The third-order valence-electron chi connectivity index (χ3n) is 6.21. The summed E-state index contributed by atoms with van der Waals surface area (Å²) >= 11 is 0. The van der Waals surface area contributed by atoms with E-state index < -0.39 is 16.1 Å². The molecular weight excluding hydrogens is 346 g/mol. The van der Waals surface area contributed by atoms with Crippen molar-refractivity contribution in [2.75, 3.05) is 0 Å². The van der Waals surface area contributed by atoms with Gasteiger partial charge in [0, 0.05) is 21.8 Å². The predicted molar refractivity (Wildman–Crippen MR) is 129 cm³/mol. The van der Waals surface area contributed by atoms with Gasteiger partial charge >= 0.3 is 0 Å². The molecule has 0 bridgehead atoms. The van der Waals surface area contributed by atoms with Gasteiger partial charge in [-0.2, -0.15) is 0 Å². The zero-order valence-corrected chi connectivity index (χ0v) is 22.4. The molecule has 6 heteroatoms. The second kappa shape index (κ2) is 8.46. The van der Waals surface area contributed by atoms with Crippen LogP contribution in [-0.4, -0.2) is 63.6 Å². The van der Waals surface area contributed by atoms with Crippen LogP contribution in [0.3, 0.4) is 0 Å². The Morgan fingerprint density at radius 2 is 0.885 bits per heavy atom. The van der Waals surface area contributed by atoms with Gasteiger partial charge in [0.1, 0.15) is 0 Å². The van der Waals surface area contributed by atoms with Crippen LogP contribution in [0, 0.1) is 5.34 Å². The van der Waals surface area contributed by atoms with Crippen LogP contribution in [-0.2, 0) is 0 Å². The molecule has 1 fully saturated rings. The van der Waals surface area contributed by atoms with E-state index in [-0.39, 0.29) is 0 Å². The Hall–Kier alpha value is 0.484. The van der Waals surface area contributed by atoms with E-state index >= 15 is 0 Å². The molecule has 0 aromatic heterocycles. The molecule has 152 valence electrons. The largest absolute Gasteiger partial charge is 0.372 e. The maximum absolute atomic E-state index is 2.85. The first-order chi connectivity index (χ1) is 11.5. The average Bonchev–Trinajstić information content (AvgIpc) is 2.30. The summed E-state index contributed by atoms with van der Waals surface area (Å²) in [5.41, 5.74) is 0. The fraction of sp³-hybridized carbons (Fsp3) is 0.950. The van der Waals surface area contributed by atoms with Crippen molar-refractivity contribution < 1.29 is 0 Å². The van der Waals surface area contributed by atoms with Gasteiger partial charge in [0.15, 0.2) is 0 Å². The van der Waals surface area contributed by atoms with Gasteiger partial charge < -0.3 is 15.0 Å². The van der Waals surface area contributed by atoms with E-state index in [1.807, 2.05) is 5.34 Å². The lowest BCUT2D eigenvalue weighted by atomic mass is 9.14. The van der Waals surface area contributed by atoms with Gasteiger partial charge in [0.05, 0.1) is 0 Å². The molecule has 2 nitrogen and oxygen atoms in total. The van der Waals surface area contributed by atoms with Gasteiger partial charge in [0.25, 0.3) is 0 Å². The lowest BCUT2D eigenvalue weighted by Crippen LogP contribution is -2.82. The molecule has 1 aliphatic heterocycles. The number of rotatable bonds is 8. The minimum absolute atomic E-state index is 0.609. The summed E-state index contributed by atoms with van der Waals surface area (Å²) in [4.78, 5) is 5.71. The SMILES string of the molecule is CC(C)N(B1[C-]([Si](C)(C)C)B(N(C(C)C)C(C)C)C1[Si](C)(C)C)C(C)C. The van der Waals surface area contributed by atoms with Crippen molar-refractivity contribution >= 4 is 29.8 Å². The molecule has 0 aromatic carbocycles. The summed E-state index contributed by atoms with van der Waals surface area (Å²) in [6.07, 6.45) is 0. The van der Waals surface area contributed by atoms with Crippen LogP contribution in [0.1, 0.15) is 55.4 Å². The van der Waals surface area contributed by atoms with E-state index in [9.17, 15) is 0 Å². The molecule has 1 saturated heterocycles. The summed E-state index contributed by atoms with van der Waals surface area (Å²) in [6, 6.07) is 2.44. The van der Waals surface area contributed by atoms with Crippen molar-refractivity contribution in [2.45, 2.75) is 124 Å². The lowest BCUT2D eigenvalue weighted by molar-refractivity contribution is 0.285. The predicted octanol–water partition coefficient (Wildman–Crippen LogP) is 5.54. The second-order valence-corrected chi connectivity index (χ2v) is 22.2. The van der Waals surface area contributed by atoms with Gasteiger partial charge in [-0.05, 0) is 24.2 Å². The summed E-state index contributed by atoms with van der Waals surface area (Å²) in [5.74, 6) is 0. The molecule has 0 spiro atoms. The zero-order valence-electron chi connectivity index (χ0n) is 20.4. The van der Waals surface area contributed by atoms with Crippen molar-refractivity contribution in [3.63, 3.8) is 0 Å². The Morgan fingerprint density at radius 1 is 0.615 bits per heavy atom. The van der Waals surface area contributed by atoms with E-state index in [2.05, 4.69) is 104 Å². The van der Waals surface area contributed by atoms with Gasteiger partial charge in [0.2, 0.25) is 0 Å². The number of nitrogens with zero attached hydrogens (tertiary/aromatic N) is 2. The molecule has 1 rings (SSSR count). The first kappa shape index (κ1) is 24.5. The Morgan fingerprint density at radius 3 is 1.04 bits per heavy atom. The first-order valence-electron chi connectivity index (χ1n) is 11.0. The third kappa shape index (κ3) is 4.90. The summed E-state index contributed by atoms with van der Waals surface area (Å²) < 4.78 is 0. The van der Waals surface area contributed by atoms with Gasteiger partial charge in [-0.25, -0.2) is 0 Å². The molecule has 0 aromatic rings. The molecule has 0 unspecified atom stereocenters. The second-order valence-electron chi connectivity index (χ2n) is 11.8. The molecule has 1 heterocycles. The lowest BCUT2D eigenvalue weighted by Gasteiger charge is -2.76. The quantitative estimate of drug-likeness (QED) is 0.395. The van der Waals surface area contributed by atoms with Crippen LogP contribution in [0.25, 0.3) is 0 Å². The van der Waals surface area contributed by atoms with Crippen molar-refractivity contribution in [2.24, 2.45) is 0 Å². The number of hydrogen-bond donors (Lipinski definition) is 0. The van der Waals surface area contributed by atoms with Crippen LogP contribution in [0.15, 0.2) is 0 Å². The summed E-state index contributed by atoms with van der Waals surface area (Å²) in [6.45, 7) is 36.2. The van der Waals surface area contributed by atoms with Crippen molar-refractivity contribution in [1.29, 1.82) is 0 Å². The molecule has 0 aliphatic carbocycles. The Bertz CT molecular complexity index is 390. The fourth-order valence-electron chi connectivity index (χ4n) is 5.62. The fourth-order valence-corrected chi connectivity index (χ4v) is 11.0. The Kier molecular flexibility index (Phi) is 7.98. The smallest absolute Gasteiger partial charge is 0.0428 e. The van der Waals surface area contributed by atoms with E-state index in [1.54, 1.807) is 0 Å². The first-order valence-corrected chi connectivity index (χ1v) is 18.0. The Labute approximate surface area is 169 Å². The van der Waals surface area contributed by atoms with Crippen LogP contribution in [0.2, 0.25) is 44.6 Å².